The summed E-state index contributed by atoms with van der Waals surface area (Å²) in [6, 6.07) is 29.3. The van der Waals surface area contributed by atoms with Crippen molar-refractivity contribution in [1.29, 1.82) is 0 Å². The monoisotopic (exact) mass is 1610 g/mol. The summed E-state index contributed by atoms with van der Waals surface area (Å²) in [6.45, 7) is 6.44. The number of rotatable bonds is 30. The van der Waals surface area contributed by atoms with Crippen molar-refractivity contribution in [3.8, 4) is 50.4 Å². The van der Waals surface area contributed by atoms with Crippen molar-refractivity contribution in [2.24, 2.45) is 0 Å². The fourth-order valence-corrected chi connectivity index (χ4v) is 15.9. The molecule has 0 spiro atoms. The molecular formula is C84H96N18O16. The summed E-state index contributed by atoms with van der Waals surface area (Å²) in [5, 5.41) is 46.6. The third-order valence-electron chi connectivity index (χ3n) is 22.1. The first-order valence-electron chi connectivity index (χ1n) is 38.9. The molecular weight excluding hydrogens is 1520 g/mol. The summed E-state index contributed by atoms with van der Waals surface area (Å²) < 4.78 is 53.1. The summed E-state index contributed by atoms with van der Waals surface area (Å²) in [6.07, 6.45) is 20.9. The number of ether oxygens (including phenoxy) is 8. The highest BCUT2D eigenvalue weighted by Crippen LogP contribution is 2.47. The second-order valence-electron chi connectivity index (χ2n) is 29.4. The topological polar surface area (TPSA) is 439 Å². The largest absolute Gasteiger partial charge is 0.479 e. The van der Waals surface area contributed by atoms with E-state index < -0.39 is 34.7 Å². The van der Waals surface area contributed by atoms with Crippen molar-refractivity contribution in [2.45, 2.75) is 132 Å². The molecule has 3 aromatic carbocycles. The Morgan fingerprint density at radius 1 is 0.381 bits per heavy atom. The predicted octanol–water partition coefficient (Wildman–Crippen LogP) is 10.6. The first-order chi connectivity index (χ1) is 57.1. The molecule has 3 aliphatic rings. The van der Waals surface area contributed by atoms with E-state index >= 15 is 0 Å². The van der Waals surface area contributed by atoms with Gasteiger partial charge >= 0.3 is 17.9 Å². The van der Waals surface area contributed by atoms with E-state index in [-0.39, 0.29) is 105 Å². The Balaban J connectivity index is 0.000000154. The molecule has 0 aliphatic heterocycles. The second kappa shape index (κ2) is 36.9. The molecule has 15 rings (SSSR count). The number of carboxylic acid groups (broad SMARTS) is 2. The van der Waals surface area contributed by atoms with Gasteiger partial charge in [-0.25, -0.2) is 43.4 Å². The maximum atomic E-state index is 13.2. The van der Waals surface area contributed by atoms with Crippen LogP contribution in [0.15, 0.2) is 147 Å². The van der Waals surface area contributed by atoms with Crippen LogP contribution in [-0.4, -0.2) is 217 Å². The molecule has 9 aromatic heterocycles. The van der Waals surface area contributed by atoms with Crippen LogP contribution in [0.25, 0.3) is 67.4 Å². The van der Waals surface area contributed by atoms with E-state index in [9.17, 15) is 39.0 Å². The lowest BCUT2D eigenvalue weighted by molar-refractivity contribution is -0.181. The van der Waals surface area contributed by atoms with Crippen LogP contribution in [0.2, 0.25) is 0 Å². The number of Topliss-reactive ketones (excluding diaryl/α,β-unsaturated/α-hetero) is 3. The summed E-state index contributed by atoms with van der Waals surface area (Å²) in [4.78, 5) is 90.5. The van der Waals surface area contributed by atoms with Gasteiger partial charge in [0.05, 0.1) is 134 Å². The average molecular weight is 1610 g/mol. The number of nitrogens with zero attached hydrogens (tertiary/aromatic N) is 15. The first-order valence-corrected chi connectivity index (χ1v) is 38.9. The van der Waals surface area contributed by atoms with E-state index in [1.807, 2.05) is 110 Å². The summed E-state index contributed by atoms with van der Waals surface area (Å²) in [5.41, 5.74) is 27.5. The predicted molar refractivity (Wildman–Crippen MR) is 433 cm³/mol. The quantitative estimate of drug-likeness (QED) is 0.0159. The maximum Gasteiger partial charge on any atom is 0.338 e. The zero-order valence-corrected chi connectivity index (χ0v) is 66.8. The van der Waals surface area contributed by atoms with E-state index in [1.165, 1.54) is 34.3 Å². The molecule has 0 saturated heterocycles. The van der Waals surface area contributed by atoms with Crippen LogP contribution in [0.4, 0.5) is 17.5 Å². The van der Waals surface area contributed by atoms with Crippen molar-refractivity contribution < 1.29 is 76.9 Å². The van der Waals surface area contributed by atoms with Crippen molar-refractivity contribution in [1.82, 2.24) is 73.1 Å². The summed E-state index contributed by atoms with van der Waals surface area (Å²) in [7, 11) is 6.21. The maximum absolute atomic E-state index is 13.2. The normalized spacial score (nSPS) is 19.3. The number of ketones is 3. The van der Waals surface area contributed by atoms with Crippen LogP contribution in [0.3, 0.4) is 0 Å². The third-order valence-corrected chi connectivity index (χ3v) is 22.1. The molecule has 34 heteroatoms. The van der Waals surface area contributed by atoms with Gasteiger partial charge in [-0.2, -0.15) is 44.1 Å². The summed E-state index contributed by atoms with van der Waals surface area (Å²) in [5.74, 6) is -2.81. The van der Waals surface area contributed by atoms with Crippen LogP contribution < -0.4 is 17.2 Å². The number of benzene rings is 3. The molecule has 8 N–H and O–H groups in total. The molecule has 9 heterocycles. The standard InChI is InChI=1S/C30H36N6O6.2C27H30N6O5/c1-20(37)25-26(21-9-11-30(12-10-21,42-16-14-40-3)29(38)41-15-13-39-2)34-28-24(18-33-36(28)27(25)31)22-17-32-35(19-22)23-7-5-4-6-8-23;2*1-17(34)22-23(18-8-10-27(11-9-18,26(35)36)38-13-12-37-2)31-25-21(15-30-33(25)24(22)28)19-14-29-32(16-19)20-6-4-3-5-7-20/h4-8,17-19,21H,9-16,31H2,1-3H3;2*3-7,14-16,18H,8-13,28H2,1-2H3,(H,35,36). The number of anilines is 3. The molecule has 34 nitrogen and oxygen atoms in total. The van der Waals surface area contributed by atoms with Gasteiger partial charge in [0.1, 0.15) is 24.1 Å². The molecule has 618 valence electrons. The van der Waals surface area contributed by atoms with Gasteiger partial charge in [0.25, 0.3) is 0 Å². The smallest absolute Gasteiger partial charge is 0.338 e. The fraction of sp³-hybridized carbons (Fsp3) is 0.393. The Hall–Kier alpha value is -12.3. The molecule has 0 amide bonds. The molecule has 0 unspecified atom stereocenters. The number of nitrogens with two attached hydrogens (primary N) is 3. The minimum atomic E-state index is -1.28. The average Bonchev–Trinajstić information content (AvgIpc) is 1.45. The number of hydrogen-bond acceptors (Lipinski definition) is 26. The van der Waals surface area contributed by atoms with Crippen LogP contribution in [0.5, 0.6) is 0 Å². The summed E-state index contributed by atoms with van der Waals surface area (Å²) >= 11 is 0. The minimum absolute atomic E-state index is 0.128. The Morgan fingerprint density at radius 3 is 0.924 bits per heavy atom. The van der Waals surface area contributed by atoms with E-state index in [2.05, 4.69) is 30.6 Å². The van der Waals surface area contributed by atoms with Crippen molar-refractivity contribution in [3.63, 3.8) is 0 Å². The van der Waals surface area contributed by atoms with E-state index in [0.29, 0.717) is 129 Å². The number of aromatic nitrogens is 15. The number of fused-ring (bicyclic) bond motifs is 3. The lowest BCUT2D eigenvalue weighted by Gasteiger charge is -2.38. The molecule has 3 fully saturated rings. The number of para-hydroxylation sites is 3. The molecule has 0 bridgehead atoms. The van der Waals surface area contributed by atoms with Crippen LogP contribution >= 0.6 is 0 Å². The lowest BCUT2D eigenvalue weighted by Crippen LogP contribution is -2.46. The van der Waals surface area contributed by atoms with Crippen molar-refractivity contribution in [3.05, 3.63) is 181 Å². The van der Waals surface area contributed by atoms with Gasteiger partial charge < -0.3 is 65.3 Å². The van der Waals surface area contributed by atoms with Crippen molar-refractivity contribution in [2.75, 3.05) is 98.5 Å². The number of hydrogen-bond donors (Lipinski definition) is 5. The molecule has 3 saturated carbocycles. The Kier molecular flexibility index (Phi) is 26.1. The van der Waals surface area contributed by atoms with Gasteiger partial charge in [-0.15, -0.1) is 0 Å². The lowest BCUT2D eigenvalue weighted by atomic mass is 9.76. The van der Waals surface area contributed by atoms with Gasteiger partial charge in [-0.05, 0) is 134 Å². The molecule has 118 heavy (non-hydrogen) atoms. The van der Waals surface area contributed by atoms with Gasteiger partial charge in [-0.3, -0.25) is 14.4 Å². The van der Waals surface area contributed by atoms with Gasteiger partial charge in [0.15, 0.2) is 51.1 Å². The molecule has 12 aromatic rings. The highest BCUT2D eigenvalue weighted by Gasteiger charge is 2.48. The zero-order chi connectivity index (χ0) is 83.4. The Morgan fingerprint density at radius 2 is 0.653 bits per heavy atom. The molecule has 0 atom stereocenters. The number of carbonyl (C=O) groups is 6. The van der Waals surface area contributed by atoms with Crippen LogP contribution in [0, 0.1) is 0 Å². The van der Waals surface area contributed by atoms with Crippen LogP contribution in [0.1, 0.15) is 164 Å². The van der Waals surface area contributed by atoms with E-state index in [0.717, 1.165) is 50.4 Å². The number of carboxylic acids is 2. The fourth-order valence-electron chi connectivity index (χ4n) is 15.9. The highest BCUT2D eigenvalue weighted by molar-refractivity contribution is 6.02. The zero-order valence-electron chi connectivity index (χ0n) is 66.8. The SMILES string of the molecule is COCCOC(=O)C1(OCCOC)CCC(c2nc3c(-c4cnn(-c5ccccc5)c4)cnn3c(N)c2C(C)=O)CC1.COCCOC1(C(=O)O)CCC(c2nc3c(-c4cnn(-c5ccccc5)c4)cnn3c(N)c2C(C)=O)CC1.COCCOC1(C(=O)O)CCC(c2nc3c(-c4cnn(-c5ccccc5)c4)cnn3c(N)c2C(C)=O)CC1. The molecule has 3 aliphatic carbocycles. The van der Waals surface area contributed by atoms with E-state index in [1.54, 1.807) is 79.7 Å². The highest BCUT2D eigenvalue weighted by atomic mass is 16.6. The second-order valence-corrected chi connectivity index (χ2v) is 29.4. The molecule has 0 radical (unpaired) electrons. The van der Waals surface area contributed by atoms with Gasteiger partial charge in [0.2, 0.25) is 0 Å². The van der Waals surface area contributed by atoms with E-state index in [4.69, 9.17) is 70.0 Å². The first kappa shape index (κ1) is 83.6. The number of aliphatic carboxylic acids is 2. The number of esters is 1. The Bertz CT molecular complexity index is 5330. The Labute approximate surface area is 678 Å². The number of carbonyl (C=O) groups excluding carboxylic acids is 4. The van der Waals surface area contributed by atoms with Crippen molar-refractivity contribution >= 4 is 69.7 Å². The number of methoxy groups -OCH3 is 4. The van der Waals surface area contributed by atoms with Gasteiger partial charge in [-0.1, -0.05) is 54.6 Å². The van der Waals surface area contributed by atoms with Crippen LogP contribution in [-0.2, 0) is 52.3 Å². The minimum Gasteiger partial charge on any atom is -0.479 e. The third kappa shape index (κ3) is 17.4. The van der Waals surface area contributed by atoms with Gasteiger partial charge in [0, 0.05) is 98.2 Å². The number of nitrogen functional groups attached to an aromatic ring is 3.